The molecule has 2 rings (SSSR count). The van der Waals surface area contributed by atoms with Crippen molar-refractivity contribution in [1.29, 1.82) is 0 Å². The number of anilines is 1. The Morgan fingerprint density at radius 2 is 2.05 bits per heavy atom. The second-order valence-electron chi connectivity index (χ2n) is 4.56. The average molecular weight is 289 g/mol. The van der Waals surface area contributed by atoms with Crippen LogP contribution in [0, 0.1) is 5.82 Å². The highest BCUT2D eigenvalue weighted by molar-refractivity contribution is 5.91. The molecule has 0 fully saturated rings. The van der Waals surface area contributed by atoms with Crippen molar-refractivity contribution in [2.75, 3.05) is 11.9 Å². The summed E-state index contributed by atoms with van der Waals surface area (Å²) in [5.74, 6) is -0.379. The number of rotatable bonds is 5. The smallest absolute Gasteiger partial charge is 0.262 e. The molecular weight excluding hydrogens is 273 g/mol. The zero-order valence-corrected chi connectivity index (χ0v) is 11.5. The normalized spacial score (nSPS) is 11.8. The predicted molar refractivity (Wildman–Crippen MR) is 77.6 cm³/mol. The van der Waals surface area contributed by atoms with Crippen molar-refractivity contribution in [2.45, 2.75) is 13.0 Å². The van der Waals surface area contributed by atoms with Crippen LogP contribution < -0.4 is 10.1 Å². The first-order valence-corrected chi connectivity index (χ1v) is 6.51. The summed E-state index contributed by atoms with van der Waals surface area (Å²) in [7, 11) is 0. The highest BCUT2D eigenvalue weighted by atomic mass is 19.1. The maximum atomic E-state index is 13.0. The van der Waals surface area contributed by atoms with Crippen molar-refractivity contribution >= 4 is 11.6 Å². The van der Waals surface area contributed by atoms with Crippen LogP contribution >= 0.6 is 0 Å². The van der Waals surface area contributed by atoms with E-state index in [2.05, 4.69) is 5.32 Å². The summed E-state index contributed by atoms with van der Waals surface area (Å²) in [5, 5.41) is 12.1. The number of amides is 1. The van der Waals surface area contributed by atoms with Gasteiger partial charge in [-0.25, -0.2) is 4.39 Å². The van der Waals surface area contributed by atoms with Gasteiger partial charge >= 0.3 is 0 Å². The first kappa shape index (κ1) is 15.0. The van der Waals surface area contributed by atoms with Crippen molar-refractivity contribution in [3.8, 4) is 5.75 Å². The molecule has 0 spiro atoms. The largest absolute Gasteiger partial charge is 0.483 e. The Morgan fingerprint density at radius 3 is 2.76 bits per heavy atom. The van der Waals surface area contributed by atoms with Gasteiger partial charge in [0.1, 0.15) is 11.6 Å². The quantitative estimate of drug-likeness (QED) is 0.889. The number of hydrogen-bond donors (Lipinski definition) is 2. The first-order valence-electron chi connectivity index (χ1n) is 6.51. The zero-order chi connectivity index (χ0) is 15.2. The molecule has 5 heteroatoms. The molecule has 110 valence electrons. The molecule has 2 N–H and O–H groups in total. The van der Waals surface area contributed by atoms with E-state index < -0.39 is 17.8 Å². The number of para-hydroxylation sites is 1. The minimum atomic E-state index is -0.688. The minimum Gasteiger partial charge on any atom is -0.483 e. The molecule has 21 heavy (non-hydrogen) atoms. The van der Waals surface area contributed by atoms with E-state index in [1.54, 1.807) is 37.3 Å². The monoisotopic (exact) mass is 289 g/mol. The van der Waals surface area contributed by atoms with E-state index in [9.17, 15) is 14.3 Å². The van der Waals surface area contributed by atoms with Gasteiger partial charge in [-0.2, -0.15) is 0 Å². The van der Waals surface area contributed by atoms with Crippen molar-refractivity contribution in [2.24, 2.45) is 0 Å². The Balaban J connectivity index is 1.95. The highest BCUT2D eigenvalue weighted by Gasteiger charge is 2.10. The number of halogens is 1. The topological polar surface area (TPSA) is 58.6 Å². The Morgan fingerprint density at radius 1 is 1.29 bits per heavy atom. The molecule has 1 amide bonds. The summed E-state index contributed by atoms with van der Waals surface area (Å²) < 4.78 is 18.4. The van der Waals surface area contributed by atoms with Crippen molar-refractivity contribution in [3.63, 3.8) is 0 Å². The van der Waals surface area contributed by atoms with E-state index in [1.165, 1.54) is 18.2 Å². The summed E-state index contributed by atoms with van der Waals surface area (Å²) in [6.07, 6.45) is -0.688. The van der Waals surface area contributed by atoms with Crippen LogP contribution in [0.1, 0.15) is 18.6 Å². The predicted octanol–water partition coefficient (Wildman–Crippen LogP) is 2.90. The van der Waals surface area contributed by atoms with Crippen molar-refractivity contribution < 1.29 is 19.0 Å². The number of carbonyl (C=O) groups excluding carboxylic acids is 1. The van der Waals surface area contributed by atoms with E-state index >= 15 is 0 Å². The zero-order valence-electron chi connectivity index (χ0n) is 11.5. The van der Waals surface area contributed by atoms with Gasteiger partial charge in [0.05, 0.1) is 6.10 Å². The Hall–Kier alpha value is -2.40. The summed E-state index contributed by atoms with van der Waals surface area (Å²) in [5.41, 5.74) is 0.975. The third-order valence-electron chi connectivity index (χ3n) is 2.84. The summed E-state index contributed by atoms with van der Waals surface area (Å²) in [6, 6.07) is 12.6. The maximum Gasteiger partial charge on any atom is 0.262 e. The van der Waals surface area contributed by atoms with Crippen LogP contribution in [0.3, 0.4) is 0 Å². The molecule has 0 bridgehead atoms. The molecule has 0 aliphatic carbocycles. The van der Waals surface area contributed by atoms with Gasteiger partial charge in [-0.15, -0.1) is 0 Å². The lowest BCUT2D eigenvalue weighted by Gasteiger charge is -2.13. The summed E-state index contributed by atoms with van der Waals surface area (Å²) >= 11 is 0. The Bertz CT molecular complexity index is 628. The van der Waals surface area contributed by atoms with Crippen LogP contribution in [0.4, 0.5) is 10.1 Å². The molecule has 2 aromatic rings. The molecule has 0 aliphatic rings. The number of carbonyl (C=O) groups is 1. The second-order valence-corrected chi connectivity index (χ2v) is 4.56. The molecule has 0 saturated heterocycles. The summed E-state index contributed by atoms with van der Waals surface area (Å²) in [6.45, 7) is 1.40. The fourth-order valence-electron chi connectivity index (χ4n) is 1.86. The lowest BCUT2D eigenvalue weighted by atomic mass is 10.1. The fourth-order valence-corrected chi connectivity index (χ4v) is 1.86. The molecule has 0 aliphatic heterocycles. The van der Waals surface area contributed by atoms with Gasteiger partial charge < -0.3 is 15.2 Å². The molecule has 2 aromatic carbocycles. The van der Waals surface area contributed by atoms with E-state index in [4.69, 9.17) is 4.74 Å². The number of aliphatic hydroxyl groups excluding tert-OH is 1. The van der Waals surface area contributed by atoms with E-state index in [1.807, 2.05) is 0 Å². The Labute approximate surface area is 122 Å². The van der Waals surface area contributed by atoms with Gasteiger partial charge in [0.25, 0.3) is 5.91 Å². The average Bonchev–Trinajstić information content (AvgIpc) is 2.45. The minimum absolute atomic E-state index is 0.222. The third-order valence-corrected chi connectivity index (χ3v) is 2.84. The van der Waals surface area contributed by atoms with Crippen molar-refractivity contribution in [3.05, 3.63) is 59.9 Å². The van der Waals surface area contributed by atoms with Crippen LogP contribution in [0.15, 0.2) is 48.5 Å². The van der Waals surface area contributed by atoms with Crippen molar-refractivity contribution in [1.82, 2.24) is 0 Å². The standard InChI is InChI=1S/C16H16FNO3/c1-11(19)14-7-2-3-8-15(14)21-10-16(20)18-13-6-4-5-12(17)9-13/h2-9,11,19H,10H2,1H3,(H,18,20)/t11-/m1/s1. The van der Waals surface area contributed by atoms with Crippen LogP contribution in [-0.4, -0.2) is 17.6 Å². The number of benzene rings is 2. The van der Waals surface area contributed by atoms with Gasteiger partial charge in [-0.1, -0.05) is 24.3 Å². The van der Waals surface area contributed by atoms with Gasteiger partial charge in [-0.3, -0.25) is 4.79 Å². The highest BCUT2D eigenvalue weighted by Crippen LogP contribution is 2.24. The van der Waals surface area contributed by atoms with Gasteiger partial charge in [0.2, 0.25) is 0 Å². The lowest BCUT2D eigenvalue weighted by molar-refractivity contribution is -0.118. The molecule has 4 nitrogen and oxygen atoms in total. The SMILES string of the molecule is C[C@@H](O)c1ccccc1OCC(=O)Nc1cccc(F)c1. The molecule has 0 aromatic heterocycles. The molecular formula is C16H16FNO3. The van der Waals surface area contributed by atoms with Crippen LogP contribution in [-0.2, 0) is 4.79 Å². The van der Waals surface area contributed by atoms with Crippen LogP contribution in [0.2, 0.25) is 0 Å². The number of nitrogens with one attached hydrogen (secondary N) is 1. The lowest BCUT2D eigenvalue weighted by Crippen LogP contribution is -2.20. The summed E-state index contributed by atoms with van der Waals surface area (Å²) in [4.78, 5) is 11.8. The van der Waals surface area contributed by atoms with E-state index in [0.717, 1.165) is 0 Å². The second kappa shape index (κ2) is 6.85. The molecule has 0 unspecified atom stereocenters. The maximum absolute atomic E-state index is 13.0. The molecule has 1 atom stereocenters. The number of hydrogen-bond acceptors (Lipinski definition) is 3. The van der Waals surface area contributed by atoms with E-state index in [0.29, 0.717) is 17.0 Å². The Kier molecular flexibility index (Phi) is 4.90. The molecule has 0 heterocycles. The fraction of sp³-hybridized carbons (Fsp3) is 0.188. The number of aliphatic hydroxyl groups is 1. The van der Waals surface area contributed by atoms with Gasteiger partial charge in [0, 0.05) is 11.3 Å². The van der Waals surface area contributed by atoms with Crippen LogP contribution in [0.25, 0.3) is 0 Å². The third kappa shape index (κ3) is 4.29. The van der Waals surface area contributed by atoms with Crippen LogP contribution in [0.5, 0.6) is 5.75 Å². The van der Waals surface area contributed by atoms with E-state index in [-0.39, 0.29) is 6.61 Å². The number of ether oxygens (including phenoxy) is 1. The van der Waals surface area contributed by atoms with Gasteiger partial charge in [0.15, 0.2) is 6.61 Å². The molecule has 0 saturated carbocycles. The molecule has 0 radical (unpaired) electrons. The first-order chi connectivity index (χ1) is 10.1. The van der Waals surface area contributed by atoms with Gasteiger partial charge in [-0.05, 0) is 31.2 Å².